The number of ether oxygens (including phenoxy) is 1. The van der Waals surface area contributed by atoms with Crippen molar-refractivity contribution in [3.05, 3.63) is 52.2 Å². The fraction of sp³-hybridized carbons (Fsp3) is 0.538. The first-order valence-electron chi connectivity index (χ1n) is 11.6. The van der Waals surface area contributed by atoms with Crippen molar-refractivity contribution in [3.8, 4) is 11.5 Å². The molecule has 1 spiro atoms. The Morgan fingerprint density at radius 2 is 1.63 bits per heavy atom. The number of benzene rings is 1. The first-order chi connectivity index (χ1) is 14.3. The molecule has 2 aromatic rings. The Labute approximate surface area is 187 Å². The SMILES string of the molecule is CC(C)[Si](Oc1ccc2c(c1)OC1(C=C2c2cccs2)CCCC1)(C(C)C)C(C)C. The summed E-state index contributed by atoms with van der Waals surface area (Å²) in [6, 6.07) is 10.9. The van der Waals surface area contributed by atoms with Crippen molar-refractivity contribution < 1.29 is 9.16 Å². The molecule has 1 aromatic carbocycles. The molecule has 0 N–H and O–H groups in total. The second-order valence-electron chi connectivity index (χ2n) is 9.99. The molecular weight excluding hydrogens is 404 g/mol. The van der Waals surface area contributed by atoms with Gasteiger partial charge in [-0.05, 0) is 72.0 Å². The van der Waals surface area contributed by atoms with Crippen LogP contribution in [0.1, 0.15) is 77.7 Å². The summed E-state index contributed by atoms with van der Waals surface area (Å²) >= 11 is 1.81. The van der Waals surface area contributed by atoms with Gasteiger partial charge in [0.05, 0.1) is 0 Å². The highest BCUT2D eigenvalue weighted by Crippen LogP contribution is 2.49. The lowest BCUT2D eigenvalue weighted by molar-refractivity contribution is 0.124. The van der Waals surface area contributed by atoms with E-state index in [2.05, 4.69) is 83.3 Å². The molecule has 4 rings (SSSR count). The van der Waals surface area contributed by atoms with Crippen LogP contribution in [0.2, 0.25) is 16.6 Å². The molecule has 1 aromatic heterocycles. The van der Waals surface area contributed by atoms with Crippen molar-refractivity contribution in [1.29, 1.82) is 0 Å². The van der Waals surface area contributed by atoms with Crippen LogP contribution in [-0.4, -0.2) is 13.9 Å². The maximum absolute atomic E-state index is 6.97. The summed E-state index contributed by atoms with van der Waals surface area (Å²) in [4.78, 5) is 1.33. The lowest BCUT2D eigenvalue weighted by atomic mass is 9.90. The van der Waals surface area contributed by atoms with Crippen LogP contribution in [0.4, 0.5) is 0 Å². The molecule has 162 valence electrons. The molecule has 30 heavy (non-hydrogen) atoms. The molecule has 0 atom stereocenters. The number of thiophene rings is 1. The molecule has 1 aliphatic carbocycles. The van der Waals surface area contributed by atoms with E-state index < -0.39 is 8.32 Å². The number of fused-ring (bicyclic) bond motifs is 1. The Morgan fingerprint density at radius 3 is 2.20 bits per heavy atom. The van der Waals surface area contributed by atoms with Crippen LogP contribution in [0.15, 0.2) is 41.8 Å². The Morgan fingerprint density at radius 1 is 0.967 bits per heavy atom. The maximum Gasteiger partial charge on any atom is 0.258 e. The highest BCUT2D eigenvalue weighted by Gasteiger charge is 2.47. The topological polar surface area (TPSA) is 18.5 Å². The molecular formula is C26H36O2SSi. The van der Waals surface area contributed by atoms with E-state index in [4.69, 9.17) is 9.16 Å². The predicted molar refractivity (Wildman–Crippen MR) is 131 cm³/mol. The van der Waals surface area contributed by atoms with Gasteiger partial charge in [-0.1, -0.05) is 47.6 Å². The van der Waals surface area contributed by atoms with Gasteiger partial charge in [0.1, 0.15) is 17.1 Å². The fourth-order valence-electron chi connectivity index (χ4n) is 5.88. The number of hydrogen-bond acceptors (Lipinski definition) is 3. The van der Waals surface area contributed by atoms with Crippen molar-refractivity contribution in [2.75, 3.05) is 0 Å². The van der Waals surface area contributed by atoms with E-state index in [9.17, 15) is 0 Å². The van der Waals surface area contributed by atoms with E-state index in [1.54, 1.807) is 0 Å². The van der Waals surface area contributed by atoms with Crippen molar-refractivity contribution in [1.82, 2.24) is 0 Å². The quantitative estimate of drug-likeness (QED) is 0.419. The highest BCUT2D eigenvalue weighted by molar-refractivity contribution is 7.11. The maximum atomic E-state index is 6.97. The normalized spacial score (nSPS) is 18.1. The lowest BCUT2D eigenvalue weighted by Crippen LogP contribution is -2.50. The minimum absolute atomic E-state index is 0.145. The third-order valence-corrected chi connectivity index (χ3v) is 14.1. The van der Waals surface area contributed by atoms with Gasteiger partial charge in [-0.3, -0.25) is 0 Å². The van der Waals surface area contributed by atoms with E-state index in [0.29, 0.717) is 16.6 Å². The molecule has 0 amide bonds. The Hall–Kier alpha value is -1.52. The molecule has 0 unspecified atom stereocenters. The molecule has 2 nitrogen and oxygen atoms in total. The Kier molecular flexibility index (Phi) is 5.93. The van der Waals surface area contributed by atoms with Crippen LogP contribution >= 0.6 is 11.3 Å². The summed E-state index contributed by atoms with van der Waals surface area (Å²) < 4.78 is 13.7. The van der Waals surface area contributed by atoms with Crippen molar-refractivity contribution in [2.45, 2.75) is 89.5 Å². The summed E-state index contributed by atoms with van der Waals surface area (Å²) in [5.41, 5.74) is 4.05. The summed E-state index contributed by atoms with van der Waals surface area (Å²) in [6.45, 7) is 14.0. The zero-order chi connectivity index (χ0) is 21.5. The minimum atomic E-state index is -1.99. The van der Waals surface area contributed by atoms with Gasteiger partial charge >= 0.3 is 0 Å². The zero-order valence-electron chi connectivity index (χ0n) is 19.3. The lowest BCUT2D eigenvalue weighted by Gasteiger charge is -2.42. The molecule has 2 heterocycles. The van der Waals surface area contributed by atoms with Gasteiger partial charge in [0.15, 0.2) is 0 Å². The second kappa shape index (κ2) is 8.20. The predicted octanol–water partition coefficient (Wildman–Crippen LogP) is 8.44. The smallest absolute Gasteiger partial charge is 0.258 e. The monoisotopic (exact) mass is 440 g/mol. The van der Waals surface area contributed by atoms with Crippen molar-refractivity contribution in [2.24, 2.45) is 0 Å². The second-order valence-corrected chi connectivity index (χ2v) is 16.3. The first-order valence-corrected chi connectivity index (χ1v) is 14.6. The average molecular weight is 441 g/mol. The molecule has 1 saturated carbocycles. The standard InChI is InChI=1S/C26H36O2SSi/c1-18(2)30(19(3)4,20(5)6)28-21-11-12-22-23(25-10-9-15-29-25)17-26(13-7-8-14-26)27-24(22)16-21/h9-12,15-20H,7-8,13-14H2,1-6H3. The molecule has 2 aliphatic rings. The van der Waals surface area contributed by atoms with Crippen LogP contribution in [0, 0.1) is 0 Å². The van der Waals surface area contributed by atoms with Gasteiger partial charge < -0.3 is 9.16 Å². The van der Waals surface area contributed by atoms with Gasteiger partial charge in [0, 0.05) is 22.1 Å². The van der Waals surface area contributed by atoms with Crippen molar-refractivity contribution in [3.63, 3.8) is 0 Å². The Balaban J connectivity index is 1.76. The summed E-state index contributed by atoms with van der Waals surface area (Å²) in [5.74, 6) is 1.98. The molecule has 1 fully saturated rings. The third-order valence-electron chi connectivity index (χ3n) is 7.20. The first kappa shape index (κ1) is 21.7. The highest BCUT2D eigenvalue weighted by atomic mass is 32.1. The van der Waals surface area contributed by atoms with Gasteiger partial charge in [0.2, 0.25) is 0 Å². The van der Waals surface area contributed by atoms with Crippen LogP contribution in [0.3, 0.4) is 0 Å². The summed E-state index contributed by atoms with van der Waals surface area (Å²) in [6.07, 6.45) is 7.10. The molecule has 1 aliphatic heterocycles. The van der Waals surface area contributed by atoms with Gasteiger partial charge in [-0.2, -0.15) is 0 Å². The van der Waals surface area contributed by atoms with E-state index >= 15 is 0 Å². The molecule has 4 heteroatoms. The van der Waals surface area contributed by atoms with E-state index in [-0.39, 0.29) is 5.60 Å². The largest absolute Gasteiger partial charge is 0.543 e. The van der Waals surface area contributed by atoms with Gasteiger partial charge in [-0.25, -0.2) is 0 Å². The van der Waals surface area contributed by atoms with Gasteiger partial charge in [0.25, 0.3) is 8.32 Å². The minimum Gasteiger partial charge on any atom is -0.543 e. The molecule has 0 bridgehead atoms. The fourth-order valence-corrected chi connectivity index (χ4v) is 11.9. The average Bonchev–Trinajstić information content (AvgIpc) is 3.37. The van der Waals surface area contributed by atoms with Crippen LogP contribution in [0.5, 0.6) is 11.5 Å². The van der Waals surface area contributed by atoms with E-state index in [1.165, 1.54) is 28.9 Å². The number of rotatable bonds is 6. The Bertz CT molecular complexity index is 883. The summed E-state index contributed by atoms with van der Waals surface area (Å²) in [7, 11) is -1.99. The van der Waals surface area contributed by atoms with Crippen molar-refractivity contribution >= 4 is 25.2 Å². The van der Waals surface area contributed by atoms with Crippen LogP contribution in [-0.2, 0) is 0 Å². The number of hydrogen-bond donors (Lipinski definition) is 0. The summed E-state index contributed by atoms with van der Waals surface area (Å²) in [5, 5.41) is 2.16. The zero-order valence-corrected chi connectivity index (χ0v) is 21.1. The van der Waals surface area contributed by atoms with E-state index in [1.807, 2.05) is 11.3 Å². The van der Waals surface area contributed by atoms with Crippen LogP contribution < -0.4 is 9.16 Å². The van der Waals surface area contributed by atoms with Gasteiger partial charge in [-0.15, -0.1) is 11.3 Å². The van der Waals surface area contributed by atoms with E-state index in [0.717, 1.165) is 24.3 Å². The molecule has 0 saturated heterocycles. The third kappa shape index (κ3) is 3.66. The molecule has 0 radical (unpaired) electrons. The van der Waals surface area contributed by atoms with Crippen LogP contribution in [0.25, 0.3) is 5.57 Å².